The largest absolute Gasteiger partial charge is 0.496 e. The maximum atomic E-state index is 11.3. The van der Waals surface area contributed by atoms with Crippen molar-refractivity contribution < 1.29 is 14.3 Å². The molecule has 1 aliphatic heterocycles. The number of carbonyl (C=O) groups is 1. The lowest BCUT2D eigenvalue weighted by atomic mass is 10.1. The highest BCUT2D eigenvalue weighted by Crippen LogP contribution is 2.33. The molecule has 0 spiro atoms. The van der Waals surface area contributed by atoms with Crippen molar-refractivity contribution in [3.05, 3.63) is 36.4 Å². The zero-order valence-corrected chi connectivity index (χ0v) is 10.3. The Labute approximate surface area is 110 Å². The van der Waals surface area contributed by atoms with Gasteiger partial charge in [-0.15, -0.1) is 0 Å². The van der Waals surface area contributed by atoms with Crippen LogP contribution in [0.3, 0.4) is 0 Å². The van der Waals surface area contributed by atoms with Gasteiger partial charge in [0.2, 0.25) is 0 Å². The number of ether oxygens (including phenoxy) is 2. The normalized spacial score (nSPS) is 13.2. The molecule has 0 radical (unpaired) electrons. The van der Waals surface area contributed by atoms with Crippen molar-refractivity contribution in [2.75, 3.05) is 19.0 Å². The summed E-state index contributed by atoms with van der Waals surface area (Å²) in [6.45, 7) is 0.0304. The van der Waals surface area contributed by atoms with Crippen molar-refractivity contribution >= 4 is 11.7 Å². The van der Waals surface area contributed by atoms with Gasteiger partial charge < -0.3 is 14.8 Å². The molecule has 19 heavy (non-hydrogen) atoms. The van der Waals surface area contributed by atoms with Gasteiger partial charge in [0.1, 0.15) is 5.75 Å². The molecule has 0 bridgehead atoms. The van der Waals surface area contributed by atoms with Crippen LogP contribution in [0, 0.1) is 0 Å². The lowest BCUT2D eigenvalue weighted by Crippen LogP contribution is -2.26. The minimum Gasteiger partial charge on any atom is -0.496 e. The maximum Gasteiger partial charge on any atom is 0.263 e. The van der Waals surface area contributed by atoms with Gasteiger partial charge >= 0.3 is 0 Å². The second kappa shape index (κ2) is 4.61. The first-order valence-corrected chi connectivity index (χ1v) is 5.85. The number of nitrogens with one attached hydrogen (secondary N) is 1. The minimum absolute atomic E-state index is 0.0304. The van der Waals surface area contributed by atoms with Crippen LogP contribution in [0.15, 0.2) is 36.4 Å². The fourth-order valence-corrected chi connectivity index (χ4v) is 1.97. The van der Waals surface area contributed by atoms with Gasteiger partial charge in [-0.2, -0.15) is 0 Å². The number of amides is 1. The molecule has 3 rings (SSSR count). The number of carbonyl (C=O) groups excluding carboxylic acids is 1. The summed E-state index contributed by atoms with van der Waals surface area (Å²) in [7, 11) is 1.61. The first-order valence-electron chi connectivity index (χ1n) is 5.85. The Morgan fingerprint density at radius 3 is 2.95 bits per heavy atom. The van der Waals surface area contributed by atoms with Gasteiger partial charge in [-0.3, -0.25) is 4.79 Å². The molecule has 0 aliphatic carbocycles. The monoisotopic (exact) mass is 256 g/mol. The van der Waals surface area contributed by atoms with Crippen LogP contribution >= 0.6 is 0 Å². The zero-order valence-electron chi connectivity index (χ0n) is 10.3. The summed E-state index contributed by atoms with van der Waals surface area (Å²) in [6.07, 6.45) is 0. The summed E-state index contributed by atoms with van der Waals surface area (Å²) >= 11 is 0. The topological polar surface area (TPSA) is 60.5 Å². The SMILES string of the molecule is COc1ccccc1-c1ccc2c(n1)NC(=O)CO2. The molecule has 1 amide bonds. The van der Waals surface area contributed by atoms with Crippen molar-refractivity contribution in [2.24, 2.45) is 0 Å². The zero-order chi connectivity index (χ0) is 13.2. The van der Waals surface area contributed by atoms with E-state index in [2.05, 4.69) is 10.3 Å². The van der Waals surface area contributed by atoms with Gasteiger partial charge in [0.15, 0.2) is 18.2 Å². The minimum atomic E-state index is -0.197. The Hall–Kier alpha value is -2.56. The van der Waals surface area contributed by atoms with E-state index in [0.29, 0.717) is 11.6 Å². The van der Waals surface area contributed by atoms with Crippen LogP contribution in [0.2, 0.25) is 0 Å². The summed E-state index contributed by atoms with van der Waals surface area (Å²) in [6, 6.07) is 11.2. The van der Waals surface area contributed by atoms with E-state index in [4.69, 9.17) is 9.47 Å². The van der Waals surface area contributed by atoms with Crippen LogP contribution in [0.25, 0.3) is 11.3 Å². The maximum absolute atomic E-state index is 11.3. The van der Waals surface area contributed by atoms with Crippen LogP contribution < -0.4 is 14.8 Å². The first-order chi connectivity index (χ1) is 9.28. The molecular weight excluding hydrogens is 244 g/mol. The van der Waals surface area contributed by atoms with Crippen molar-refractivity contribution in [1.29, 1.82) is 0 Å². The Bertz CT molecular complexity index is 640. The van der Waals surface area contributed by atoms with Crippen molar-refractivity contribution in [3.63, 3.8) is 0 Å². The Kier molecular flexibility index (Phi) is 2.79. The van der Waals surface area contributed by atoms with Gasteiger partial charge in [-0.05, 0) is 24.3 Å². The second-order valence-electron chi connectivity index (χ2n) is 4.08. The molecule has 0 saturated heterocycles. The van der Waals surface area contributed by atoms with Crippen LogP contribution in [0.4, 0.5) is 5.82 Å². The molecule has 2 heterocycles. The summed E-state index contributed by atoms with van der Waals surface area (Å²) < 4.78 is 10.6. The molecule has 1 aromatic carbocycles. The van der Waals surface area contributed by atoms with E-state index in [1.165, 1.54) is 0 Å². The molecule has 1 aliphatic rings. The molecule has 0 atom stereocenters. The number of benzene rings is 1. The molecule has 0 fully saturated rings. The third kappa shape index (κ3) is 2.10. The number of hydrogen-bond acceptors (Lipinski definition) is 4. The van der Waals surface area contributed by atoms with E-state index in [9.17, 15) is 4.79 Å². The molecular formula is C14H12N2O3. The number of anilines is 1. The molecule has 5 nitrogen and oxygen atoms in total. The van der Waals surface area contributed by atoms with Crippen LogP contribution in [0.1, 0.15) is 0 Å². The third-order valence-electron chi connectivity index (χ3n) is 2.86. The summed E-state index contributed by atoms with van der Waals surface area (Å²) in [5.41, 5.74) is 1.59. The Morgan fingerprint density at radius 2 is 2.11 bits per heavy atom. The Balaban J connectivity index is 2.06. The number of methoxy groups -OCH3 is 1. The first kappa shape index (κ1) is 11.5. The highest BCUT2D eigenvalue weighted by atomic mass is 16.5. The van der Waals surface area contributed by atoms with Crippen molar-refractivity contribution in [2.45, 2.75) is 0 Å². The molecule has 0 unspecified atom stereocenters. The average Bonchev–Trinajstić information content (AvgIpc) is 2.46. The van der Waals surface area contributed by atoms with Crippen LogP contribution in [-0.2, 0) is 4.79 Å². The number of nitrogens with zero attached hydrogens (tertiary/aromatic N) is 1. The van der Waals surface area contributed by atoms with Crippen molar-refractivity contribution in [3.8, 4) is 22.8 Å². The number of pyridine rings is 1. The van der Waals surface area contributed by atoms with E-state index in [1.807, 2.05) is 30.3 Å². The lowest BCUT2D eigenvalue weighted by molar-refractivity contribution is -0.118. The average molecular weight is 256 g/mol. The smallest absolute Gasteiger partial charge is 0.263 e. The van der Waals surface area contributed by atoms with Gasteiger partial charge in [0.05, 0.1) is 12.8 Å². The standard InChI is InChI=1S/C14H12N2O3/c1-18-11-5-3-2-4-9(11)10-6-7-12-14(15-10)16-13(17)8-19-12/h2-7H,8H2,1H3,(H,15,16,17). The Morgan fingerprint density at radius 1 is 1.26 bits per heavy atom. The second-order valence-corrected chi connectivity index (χ2v) is 4.08. The fourth-order valence-electron chi connectivity index (χ4n) is 1.97. The van der Waals surface area contributed by atoms with E-state index >= 15 is 0 Å². The number of para-hydroxylation sites is 1. The van der Waals surface area contributed by atoms with Crippen molar-refractivity contribution in [1.82, 2.24) is 4.98 Å². The van der Waals surface area contributed by atoms with E-state index in [-0.39, 0.29) is 12.5 Å². The highest BCUT2D eigenvalue weighted by Gasteiger charge is 2.18. The summed E-state index contributed by atoms with van der Waals surface area (Å²) in [4.78, 5) is 15.7. The number of rotatable bonds is 2. The molecule has 0 saturated carbocycles. The van der Waals surface area contributed by atoms with Crippen LogP contribution in [0.5, 0.6) is 11.5 Å². The van der Waals surface area contributed by atoms with E-state index in [1.54, 1.807) is 13.2 Å². The molecule has 1 aromatic heterocycles. The van der Waals surface area contributed by atoms with Gasteiger partial charge in [0.25, 0.3) is 5.91 Å². The quantitative estimate of drug-likeness (QED) is 0.893. The number of aromatic nitrogens is 1. The van der Waals surface area contributed by atoms with E-state index in [0.717, 1.165) is 17.0 Å². The van der Waals surface area contributed by atoms with Gasteiger partial charge in [-0.25, -0.2) is 4.98 Å². The van der Waals surface area contributed by atoms with Gasteiger partial charge in [0, 0.05) is 5.56 Å². The molecule has 1 N–H and O–H groups in total. The molecule has 5 heteroatoms. The van der Waals surface area contributed by atoms with E-state index < -0.39 is 0 Å². The number of hydrogen-bond donors (Lipinski definition) is 1. The van der Waals surface area contributed by atoms with Crippen LogP contribution in [-0.4, -0.2) is 24.6 Å². The third-order valence-corrected chi connectivity index (χ3v) is 2.86. The molecule has 2 aromatic rings. The molecule has 96 valence electrons. The summed E-state index contributed by atoms with van der Waals surface area (Å²) in [5, 5.41) is 2.69. The summed E-state index contributed by atoms with van der Waals surface area (Å²) in [5.74, 6) is 1.56. The predicted octanol–water partition coefficient (Wildman–Crippen LogP) is 2.09. The fraction of sp³-hybridized carbons (Fsp3) is 0.143. The lowest BCUT2D eigenvalue weighted by Gasteiger charge is -2.17. The van der Waals surface area contributed by atoms with Gasteiger partial charge in [-0.1, -0.05) is 12.1 Å². The number of fused-ring (bicyclic) bond motifs is 1. The highest BCUT2D eigenvalue weighted by molar-refractivity contribution is 5.94. The predicted molar refractivity (Wildman–Crippen MR) is 70.3 cm³/mol.